The van der Waals surface area contributed by atoms with Gasteiger partial charge in [-0.3, -0.25) is 4.90 Å². The summed E-state index contributed by atoms with van der Waals surface area (Å²) in [7, 11) is 0. The van der Waals surface area contributed by atoms with E-state index < -0.39 is 0 Å². The van der Waals surface area contributed by atoms with E-state index in [1.807, 2.05) is 6.07 Å². The predicted molar refractivity (Wildman–Crippen MR) is 135 cm³/mol. The van der Waals surface area contributed by atoms with Crippen molar-refractivity contribution in [3.05, 3.63) is 77.2 Å². The lowest BCUT2D eigenvalue weighted by Crippen LogP contribution is -2.29. The van der Waals surface area contributed by atoms with Crippen LogP contribution in [0.3, 0.4) is 0 Å². The topological polar surface area (TPSA) is 42.1 Å². The molecule has 30 heavy (non-hydrogen) atoms. The lowest BCUT2D eigenvalue weighted by molar-refractivity contribution is 0.295. The number of hydrogen-bond acceptors (Lipinski definition) is 4. The highest BCUT2D eigenvalue weighted by molar-refractivity contribution is 7.15. The largest absolute Gasteiger partial charge is 0.375 e. The highest BCUT2D eigenvalue weighted by atomic mass is 35.5. The summed E-state index contributed by atoms with van der Waals surface area (Å²) >= 11 is 1.64. The Morgan fingerprint density at radius 2 is 1.57 bits per heavy atom. The van der Waals surface area contributed by atoms with Gasteiger partial charge in [0.25, 0.3) is 0 Å². The van der Waals surface area contributed by atoms with Crippen molar-refractivity contribution in [2.75, 3.05) is 25.4 Å². The van der Waals surface area contributed by atoms with Crippen molar-refractivity contribution in [2.45, 2.75) is 25.7 Å². The summed E-state index contributed by atoms with van der Waals surface area (Å²) in [5, 5.41) is 0.670. The Balaban J connectivity index is 0.00000160. The number of unbranched alkanes of at least 4 members (excludes halogenated alkanes) is 1. The molecule has 0 spiro atoms. The third-order valence-corrected chi connectivity index (χ3v) is 6.27. The maximum absolute atomic E-state index is 5.99. The van der Waals surface area contributed by atoms with E-state index in [0.29, 0.717) is 5.13 Å². The quantitative estimate of drug-likeness (QED) is 0.416. The number of aryl methyl sites for hydroxylation is 1. The molecule has 1 aliphatic rings. The summed E-state index contributed by atoms with van der Waals surface area (Å²) in [6, 6.07) is 21.1. The Morgan fingerprint density at radius 3 is 2.20 bits per heavy atom. The predicted octanol–water partition coefficient (Wildman–Crippen LogP) is 6.35. The van der Waals surface area contributed by atoms with E-state index in [1.165, 1.54) is 34.4 Å². The van der Waals surface area contributed by atoms with Crippen LogP contribution >= 0.6 is 36.2 Å². The smallest absolute Gasteiger partial charge is 0.180 e. The number of nitrogen functional groups attached to an aromatic ring is 1. The molecule has 1 aromatic heterocycles. The van der Waals surface area contributed by atoms with E-state index >= 15 is 0 Å². The first-order valence-electron chi connectivity index (χ1n) is 10.1. The minimum atomic E-state index is 0. The zero-order valence-electron chi connectivity index (χ0n) is 17.0. The number of nitrogens with zero attached hydrogens (tertiary/aromatic N) is 2. The molecule has 3 aromatic rings. The van der Waals surface area contributed by atoms with Crippen molar-refractivity contribution in [3.63, 3.8) is 0 Å². The molecule has 160 valence electrons. The van der Waals surface area contributed by atoms with Crippen LogP contribution in [-0.4, -0.2) is 29.5 Å². The molecule has 0 fully saturated rings. The lowest BCUT2D eigenvalue weighted by Gasteiger charge is -2.26. The molecule has 3 nitrogen and oxygen atoms in total. The van der Waals surface area contributed by atoms with Crippen LogP contribution in [0.25, 0.3) is 16.8 Å². The van der Waals surface area contributed by atoms with E-state index in [4.69, 9.17) is 5.73 Å². The third kappa shape index (κ3) is 6.32. The molecule has 2 heterocycles. The molecule has 0 radical (unpaired) electrons. The zero-order valence-corrected chi connectivity index (χ0v) is 19.4. The normalized spacial score (nSPS) is 13.8. The van der Waals surface area contributed by atoms with Gasteiger partial charge in [0.05, 0.1) is 5.69 Å². The summed E-state index contributed by atoms with van der Waals surface area (Å²) in [4.78, 5) is 8.44. The number of aromatic nitrogens is 1. The van der Waals surface area contributed by atoms with Gasteiger partial charge in [0, 0.05) is 23.5 Å². The Labute approximate surface area is 195 Å². The maximum atomic E-state index is 5.99. The maximum Gasteiger partial charge on any atom is 0.180 e. The van der Waals surface area contributed by atoms with Gasteiger partial charge in [0.2, 0.25) is 0 Å². The molecule has 0 unspecified atom stereocenters. The van der Waals surface area contributed by atoms with Crippen molar-refractivity contribution < 1.29 is 0 Å². The second-order valence-corrected chi connectivity index (χ2v) is 8.41. The van der Waals surface area contributed by atoms with Gasteiger partial charge in [-0.15, -0.1) is 36.2 Å². The summed E-state index contributed by atoms with van der Waals surface area (Å²) < 4.78 is 0. The van der Waals surface area contributed by atoms with Gasteiger partial charge in [0.1, 0.15) is 0 Å². The Hall–Kier alpha value is -1.85. The number of thiazole rings is 1. The molecule has 2 N–H and O–H groups in total. The molecule has 0 bridgehead atoms. The second-order valence-electron chi connectivity index (χ2n) is 7.29. The summed E-state index contributed by atoms with van der Waals surface area (Å²) in [5.41, 5.74) is 11.1. The summed E-state index contributed by atoms with van der Waals surface area (Å²) in [6.45, 7) is 3.38. The number of halogens is 2. The fraction of sp³-hybridized carbons (Fsp3) is 0.292. The van der Waals surface area contributed by atoms with Crippen LogP contribution in [0.2, 0.25) is 0 Å². The molecule has 6 heteroatoms. The molecule has 0 saturated carbocycles. The Morgan fingerprint density at radius 1 is 0.900 bits per heavy atom. The molecular weight excluding hydrogens is 433 g/mol. The van der Waals surface area contributed by atoms with Crippen molar-refractivity contribution in [1.29, 1.82) is 0 Å². The number of anilines is 1. The highest BCUT2D eigenvalue weighted by Gasteiger charge is 2.14. The van der Waals surface area contributed by atoms with Gasteiger partial charge >= 0.3 is 0 Å². The molecule has 0 atom stereocenters. The van der Waals surface area contributed by atoms with E-state index in [-0.39, 0.29) is 24.8 Å². The van der Waals surface area contributed by atoms with E-state index in [9.17, 15) is 0 Å². The lowest BCUT2D eigenvalue weighted by atomic mass is 9.99. The third-order valence-electron chi connectivity index (χ3n) is 5.33. The number of hydrogen-bond donors (Lipinski definition) is 1. The van der Waals surface area contributed by atoms with Gasteiger partial charge in [-0.05, 0) is 43.4 Å². The Kier molecular flexibility index (Phi) is 9.86. The first kappa shape index (κ1) is 24.4. The highest BCUT2D eigenvalue weighted by Crippen LogP contribution is 2.31. The number of benzene rings is 2. The van der Waals surface area contributed by atoms with Gasteiger partial charge in [-0.1, -0.05) is 66.7 Å². The van der Waals surface area contributed by atoms with Gasteiger partial charge in [-0.2, -0.15) is 0 Å². The number of nitrogens with two attached hydrogens (primary N) is 1. The minimum Gasteiger partial charge on any atom is -0.375 e. The van der Waals surface area contributed by atoms with Gasteiger partial charge < -0.3 is 5.73 Å². The SMILES string of the molecule is Cl.Cl.Nc1nc(-c2ccccc2)c(CCCCN2CC=C(c3ccccc3)CC2)s1. The first-order valence-corrected chi connectivity index (χ1v) is 10.9. The molecule has 0 aliphatic carbocycles. The second kappa shape index (κ2) is 12.1. The van der Waals surface area contributed by atoms with Crippen LogP contribution in [-0.2, 0) is 6.42 Å². The molecule has 4 rings (SSSR count). The van der Waals surface area contributed by atoms with Crippen LogP contribution in [0.15, 0.2) is 66.7 Å². The standard InChI is InChI=1S/C24H27N3S.2ClH/c25-24-26-23(21-11-5-2-6-12-21)22(28-24)13-7-8-16-27-17-14-20(15-18-27)19-9-3-1-4-10-19;;/h1-6,9-12,14H,7-8,13,15-18H2,(H2,25,26);2*1H. The van der Waals surface area contributed by atoms with Gasteiger partial charge in [0.15, 0.2) is 5.13 Å². The molecule has 0 amide bonds. The number of rotatable bonds is 7. The summed E-state index contributed by atoms with van der Waals surface area (Å²) in [5.74, 6) is 0. The van der Waals surface area contributed by atoms with Crippen molar-refractivity contribution in [1.82, 2.24) is 9.88 Å². The monoisotopic (exact) mass is 461 g/mol. The average Bonchev–Trinajstić information content (AvgIpc) is 3.13. The van der Waals surface area contributed by atoms with Crippen LogP contribution in [0.1, 0.15) is 29.7 Å². The minimum absolute atomic E-state index is 0. The van der Waals surface area contributed by atoms with Crippen LogP contribution in [0.4, 0.5) is 5.13 Å². The van der Waals surface area contributed by atoms with Crippen molar-refractivity contribution >= 4 is 46.9 Å². The molecular formula is C24H29Cl2N3S. The molecule has 1 aliphatic heterocycles. The molecule has 0 saturated heterocycles. The fourth-order valence-electron chi connectivity index (χ4n) is 3.81. The molecule has 2 aromatic carbocycles. The van der Waals surface area contributed by atoms with E-state index in [1.54, 1.807) is 11.3 Å². The Bertz CT molecular complexity index is 926. The average molecular weight is 462 g/mol. The van der Waals surface area contributed by atoms with Crippen LogP contribution in [0.5, 0.6) is 0 Å². The first-order chi connectivity index (χ1) is 13.8. The van der Waals surface area contributed by atoms with Crippen LogP contribution in [0, 0.1) is 0 Å². The zero-order chi connectivity index (χ0) is 19.2. The van der Waals surface area contributed by atoms with Crippen molar-refractivity contribution in [2.24, 2.45) is 0 Å². The van der Waals surface area contributed by atoms with Gasteiger partial charge in [-0.25, -0.2) is 4.98 Å². The fourth-order valence-corrected chi connectivity index (χ4v) is 4.71. The van der Waals surface area contributed by atoms with Crippen LogP contribution < -0.4 is 5.73 Å². The summed E-state index contributed by atoms with van der Waals surface area (Å²) in [6.07, 6.45) is 6.98. The van der Waals surface area contributed by atoms with E-state index in [2.05, 4.69) is 70.6 Å². The van der Waals surface area contributed by atoms with Crippen molar-refractivity contribution in [3.8, 4) is 11.3 Å². The van der Waals surface area contributed by atoms with E-state index in [0.717, 1.165) is 38.2 Å².